The summed E-state index contributed by atoms with van der Waals surface area (Å²) < 4.78 is 0. The summed E-state index contributed by atoms with van der Waals surface area (Å²) >= 11 is 6.23. The lowest BCUT2D eigenvalue weighted by atomic mass is 10.1. The number of nitrogens with zero attached hydrogens (tertiary/aromatic N) is 2. The molecular formula is C15H25ClN2O. The van der Waals surface area contributed by atoms with E-state index in [1.807, 2.05) is 18.2 Å². The molecule has 0 fully saturated rings. The van der Waals surface area contributed by atoms with Crippen LogP contribution in [0.1, 0.15) is 31.9 Å². The van der Waals surface area contributed by atoms with Gasteiger partial charge in [-0.15, -0.1) is 0 Å². The monoisotopic (exact) mass is 284 g/mol. The van der Waals surface area contributed by atoms with Crippen LogP contribution in [0.25, 0.3) is 0 Å². The molecule has 0 aliphatic rings. The Morgan fingerprint density at radius 3 is 2.37 bits per heavy atom. The van der Waals surface area contributed by atoms with Crippen molar-refractivity contribution in [2.24, 2.45) is 0 Å². The quantitative estimate of drug-likeness (QED) is 0.833. The van der Waals surface area contributed by atoms with Gasteiger partial charge < -0.3 is 14.9 Å². The summed E-state index contributed by atoms with van der Waals surface area (Å²) in [7, 11) is 4.15. The molecule has 0 saturated heterocycles. The molecule has 19 heavy (non-hydrogen) atoms. The zero-order valence-corrected chi connectivity index (χ0v) is 13.1. The van der Waals surface area contributed by atoms with Crippen molar-refractivity contribution < 1.29 is 5.11 Å². The van der Waals surface area contributed by atoms with Crippen molar-refractivity contribution in [1.29, 1.82) is 0 Å². The number of hydrogen-bond donors (Lipinski definition) is 1. The Balaban J connectivity index is 2.87. The SMILES string of the molecule is CCCN(CCN(C)C)c1ccc(C(C)O)c(Cl)c1. The molecule has 4 heteroatoms. The van der Waals surface area contributed by atoms with Crippen LogP contribution >= 0.6 is 11.6 Å². The summed E-state index contributed by atoms with van der Waals surface area (Å²) in [5.41, 5.74) is 1.91. The van der Waals surface area contributed by atoms with Crippen molar-refractivity contribution in [3.05, 3.63) is 28.8 Å². The number of halogens is 1. The molecule has 1 unspecified atom stereocenters. The van der Waals surface area contributed by atoms with Crippen LogP contribution in [0.3, 0.4) is 0 Å². The predicted molar refractivity (Wildman–Crippen MR) is 83.1 cm³/mol. The second-order valence-electron chi connectivity index (χ2n) is 5.17. The molecule has 0 amide bonds. The second-order valence-corrected chi connectivity index (χ2v) is 5.58. The molecule has 0 heterocycles. The molecule has 1 aromatic rings. The third-order valence-corrected chi connectivity index (χ3v) is 3.44. The van der Waals surface area contributed by atoms with Gasteiger partial charge in [-0.1, -0.05) is 24.6 Å². The first kappa shape index (κ1) is 16.3. The molecule has 1 atom stereocenters. The summed E-state index contributed by atoms with van der Waals surface area (Å²) in [6.07, 6.45) is 0.575. The minimum atomic E-state index is -0.525. The summed E-state index contributed by atoms with van der Waals surface area (Å²) in [4.78, 5) is 4.51. The van der Waals surface area contributed by atoms with Crippen molar-refractivity contribution in [2.45, 2.75) is 26.4 Å². The van der Waals surface area contributed by atoms with E-state index in [2.05, 4.69) is 30.8 Å². The van der Waals surface area contributed by atoms with E-state index in [4.69, 9.17) is 11.6 Å². The second kappa shape index (κ2) is 7.73. The number of likely N-dealkylation sites (N-methyl/N-ethyl adjacent to an activating group) is 1. The van der Waals surface area contributed by atoms with E-state index in [1.54, 1.807) is 6.92 Å². The zero-order chi connectivity index (χ0) is 14.4. The topological polar surface area (TPSA) is 26.7 Å². The normalized spacial score (nSPS) is 12.8. The molecule has 1 aromatic carbocycles. The van der Waals surface area contributed by atoms with Crippen LogP contribution in [0.5, 0.6) is 0 Å². The van der Waals surface area contributed by atoms with Crippen LogP contribution in [-0.4, -0.2) is 43.7 Å². The first-order chi connectivity index (χ1) is 8.95. The van der Waals surface area contributed by atoms with E-state index in [-0.39, 0.29) is 0 Å². The highest BCUT2D eigenvalue weighted by atomic mass is 35.5. The highest BCUT2D eigenvalue weighted by Gasteiger charge is 2.11. The van der Waals surface area contributed by atoms with Gasteiger partial charge in [0.2, 0.25) is 0 Å². The van der Waals surface area contributed by atoms with Crippen LogP contribution in [0, 0.1) is 0 Å². The van der Waals surface area contributed by atoms with Crippen LogP contribution < -0.4 is 4.90 Å². The van der Waals surface area contributed by atoms with Crippen molar-refractivity contribution in [3.63, 3.8) is 0 Å². The highest BCUT2D eigenvalue weighted by molar-refractivity contribution is 6.31. The van der Waals surface area contributed by atoms with Gasteiger partial charge in [-0.25, -0.2) is 0 Å². The van der Waals surface area contributed by atoms with E-state index >= 15 is 0 Å². The summed E-state index contributed by atoms with van der Waals surface area (Å²) in [6, 6.07) is 5.91. The Morgan fingerprint density at radius 1 is 1.21 bits per heavy atom. The Kier molecular flexibility index (Phi) is 6.63. The third-order valence-electron chi connectivity index (χ3n) is 3.11. The maximum atomic E-state index is 9.61. The first-order valence-corrected chi connectivity index (χ1v) is 7.20. The van der Waals surface area contributed by atoms with Gasteiger partial charge in [0.15, 0.2) is 0 Å². The van der Waals surface area contributed by atoms with Crippen LogP contribution in [0.15, 0.2) is 18.2 Å². The number of benzene rings is 1. The standard InChI is InChI=1S/C15H25ClN2O/c1-5-8-18(10-9-17(3)4)13-6-7-14(12(2)19)15(16)11-13/h6-7,11-12,19H,5,8-10H2,1-4H3. The molecule has 1 N–H and O–H groups in total. The van der Waals surface area contributed by atoms with Crippen LogP contribution in [0.2, 0.25) is 5.02 Å². The van der Waals surface area contributed by atoms with Gasteiger partial charge in [-0.05, 0) is 45.1 Å². The minimum absolute atomic E-state index is 0.525. The Morgan fingerprint density at radius 2 is 1.89 bits per heavy atom. The van der Waals surface area contributed by atoms with E-state index in [0.29, 0.717) is 5.02 Å². The first-order valence-electron chi connectivity index (χ1n) is 6.83. The van der Waals surface area contributed by atoms with Crippen molar-refractivity contribution in [3.8, 4) is 0 Å². The Bertz CT molecular complexity index is 394. The lowest BCUT2D eigenvalue weighted by Gasteiger charge is -2.26. The molecule has 0 bridgehead atoms. The lowest BCUT2D eigenvalue weighted by molar-refractivity contribution is 0.199. The predicted octanol–water partition coefficient (Wildman–Crippen LogP) is 3.17. The molecule has 108 valence electrons. The van der Waals surface area contributed by atoms with E-state index in [1.165, 1.54) is 0 Å². The fraction of sp³-hybridized carbons (Fsp3) is 0.600. The third kappa shape index (κ3) is 5.01. The van der Waals surface area contributed by atoms with Gasteiger partial charge in [-0.3, -0.25) is 0 Å². The van der Waals surface area contributed by atoms with Crippen molar-refractivity contribution in [2.75, 3.05) is 38.6 Å². The lowest BCUT2D eigenvalue weighted by Crippen LogP contribution is -2.32. The maximum Gasteiger partial charge on any atom is 0.0776 e. The fourth-order valence-electron chi connectivity index (χ4n) is 2.01. The van der Waals surface area contributed by atoms with Gasteiger partial charge in [-0.2, -0.15) is 0 Å². The zero-order valence-electron chi connectivity index (χ0n) is 12.4. The van der Waals surface area contributed by atoms with Gasteiger partial charge in [0.25, 0.3) is 0 Å². The smallest absolute Gasteiger partial charge is 0.0776 e. The number of anilines is 1. The van der Waals surface area contributed by atoms with Gasteiger partial charge in [0.1, 0.15) is 0 Å². The molecule has 1 rings (SSSR count). The van der Waals surface area contributed by atoms with Crippen molar-refractivity contribution in [1.82, 2.24) is 4.90 Å². The van der Waals surface area contributed by atoms with E-state index < -0.39 is 6.10 Å². The molecule has 0 saturated carbocycles. The summed E-state index contributed by atoms with van der Waals surface area (Å²) in [6.45, 7) is 6.91. The van der Waals surface area contributed by atoms with Crippen molar-refractivity contribution >= 4 is 17.3 Å². The number of hydrogen-bond acceptors (Lipinski definition) is 3. The molecule has 3 nitrogen and oxygen atoms in total. The molecule has 0 spiro atoms. The highest BCUT2D eigenvalue weighted by Crippen LogP contribution is 2.27. The fourth-order valence-corrected chi connectivity index (χ4v) is 2.34. The molecule has 0 aromatic heterocycles. The average molecular weight is 285 g/mol. The average Bonchev–Trinajstić information content (AvgIpc) is 2.33. The van der Waals surface area contributed by atoms with Gasteiger partial charge in [0, 0.05) is 30.3 Å². The maximum absolute atomic E-state index is 9.61. The largest absolute Gasteiger partial charge is 0.389 e. The van der Waals surface area contributed by atoms with Crippen LogP contribution in [-0.2, 0) is 0 Å². The summed E-state index contributed by atoms with van der Waals surface area (Å²) in [5.74, 6) is 0. The van der Waals surface area contributed by atoms with Gasteiger partial charge in [0.05, 0.1) is 6.10 Å². The van der Waals surface area contributed by atoms with E-state index in [9.17, 15) is 5.11 Å². The number of aliphatic hydroxyl groups excluding tert-OH is 1. The molecule has 0 aliphatic carbocycles. The molecular weight excluding hydrogens is 260 g/mol. The Labute approximate surface area is 121 Å². The summed E-state index contributed by atoms with van der Waals surface area (Å²) in [5, 5.41) is 10.2. The van der Waals surface area contributed by atoms with Crippen LogP contribution in [0.4, 0.5) is 5.69 Å². The van der Waals surface area contributed by atoms with Gasteiger partial charge >= 0.3 is 0 Å². The molecule has 0 radical (unpaired) electrons. The van der Waals surface area contributed by atoms with E-state index in [0.717, 1.165) is 37.3 Å². The minimum Gasteiger partial charge on any atom is -0.389 e. The number of aliphatic hydroxyl groups is 1. The Hall–Kier alpha value is -0.770. The molecule has 0 aliphatic heterocycles. The number of rotatable bonds is 7.